The summed E-state index contributed by atoms with van der Waals surface area (Å²) in [6, 6.07) is 3.45. The lowest BCUT2D eigenvalue weighted by Gasteiger charge is -2.28. The second-order valence-electron chi connectivity index (χ2n) is 4.99. The SMILES string of the molecule is COc1cc(OC)c(C2SCC(=O)N2C[C@H](O)CO)c(OC)c1. The molecule has 1 saturated heterocycles. The van der Waals surface area contributed by atoms with Crippen LogP contribution in [0.5, 0.6) is 17.2 Å². The van der Waals surface area contributed by atoms with Crippen molar-refractivity contribution in [2.45, 2.75) is 11.5 Å². The molecule has 0 radical (unpaired) electrons. The van der Waals surface area contributed by atoms with Gasteiger partial charge in [-0.2, -0.15) is 0 Å². The molecule has 1 aromatic carbocycles. The minimum Gasteiger partial charge on any atom is -0.496 e. The van der Waals surface area contributed by atoms with Gasteiger partial charge in [-0.3, -0.25) is 4.79 Å². The number of benzene rings is 1. The van der Waals surface area contributed by atoms with Crippen LogP contribution >= 0.6 is 11.8 Å². The van der Waals surface area contributed by atoms with E-state index >= 15 is 0 Å². The van der Waals surface area contributed by atoms with Crippen molar-refractivity contribution in [3.63, 3.8) is 0 Å². The number of ether oxygens (including phenoxy) is 3. The second-order valence-corrected chi connectivity index (χ2v) is 6.06. The van der Waals surface area contributed by atoms with E-state index in [2.05, 4.69) is 0 Å². The van der Waals surface area contributed by atoms with Gasteiger partial charge in [0.15, 0.2) is 0 Å². The molecule has 2 N–H and O–H groups in total. The highest BCUT2D eigenvalue weighted by Crippen LogP contribution is 2.48. The number of carbonyl (C=O) groups excluding carboxylic acids is 1. The summed E-state index contributed by atoms with van der Waals surface area (Å²) in [7, 11) is 4.61. The molecule has 1 unspecified atom stereocenters. The van der Waals surface area contributed by atoms with Crippen molar-refractivity contribution < 1.29 is 29.2 Å². The van der Waals surface area contributed by atoms with Crippen molar-refractivity contribution in [2.75, 3.05) is 40.2 Å². The van der Waals surface area contributed by atoms with Gasteiger partial charge in [-0.05, 0) is 0 Å². The summed E-state index contributed by atoms with van der Waals surface area (Å²) in [6.07, 6.45) is -0.990. The van der Waals surface area contributed by atoms with Gasteiger partial charge in [0.2, 0.25) is 5.91 Å². The maximum absolute atomic E-state index is 12.1. The maximum atomic E-state index is 12.1. The third-order valence-electron chi connectivity index (χ3n) is 3.59. The zero-order chi connectivity index (χ0) is 17.0. The number of hydrogen-bond donors (Lipinski definition) is 2. The molecule has 2 atom stereocenters. The van der Waals surface area contributed by atoms with E-state index < -0.39 is 12.7 Å². The van der Waals surface area contributed by atoms with E-state index in [0.717, 1.165) is 0 Å². The first-order valence-corrected chi connectivity index (χ1v) is 8.10. The average molecular weight is 343 g/mol. The normalized spacial score (nSPS) is 18.9. The van der Waals surface area contributed by atoms with Crippen LogP contribution in [0.1, 0.15) is 10.9 Å². The Kier molecular flexibility index (Phi) is 5.97. The topological polar surface area (TPSA) is 88.5 Å². The molecule has 0 aliphatic carbocycles. The Morgan fingerprint density at radius 1 is 1.26 bits per heavy atom. The first-order valence-electron chi connectivity index (χ1n) is 7.05. The smallest absolute Gasteiger partial charge is 0.233 e. The highest BCUT2D eigenvalue weighted by molar-refractivity contribution is 8.00. The Bertz CT molecular complexity index is 542. The summed E-state index contributed by atoms with van der Waals surface area (Å²) in [5, 5.41) is 18.4. The number of nitrogens with zero attached hydrogens (tertiary/aromatic N) is 1. The Labute approximate surface area is 139 Å². The lowest BCUT2D eigenvalue weighted by Crippen LogP contribution is -2.37. The predicted octanol–water partition coefficient (Wildman–Crippen LogP) is 0.640. The summed E-state index contributed by atoms with van der Waals surface area (Å²) in [4.78, 5) is 13.7. The number of hydrogen-bond acceptors (Lipinski definition) is 7. The maximum Gasteiger partial charge on any atom is 0.233 e. The molecular formula is C15H21NO6S. The second kappa shape index (κ2) is 7.76. The van der Waals surface area contributed by atoms with Crippen LogP contribution in [0.15, 0.2) is 12.1 Å². The Morgan fingerprint density at radius 3 is 2.35 bits per heavy atom. The van der Waals surface area contributed by atoms with Crippen molar-refractivity contribution in [1.82, 2.24) is 4.90 Å². The number of aliphatic hydroxyl groups is 2. The average Bonchev–Trinajstić information content (AvgIpc) is 2.93. The van der Waals surface area contributed by atoms with E-state index in [1.165, 1.54) is 30.9 Å². The van der Waals surface area contributed by atoms with Gasteiger partial charge < -0.3 is 29.3 Å². The van der Waals surface area contributed by atoms with Crippen LogP contribution in [0.2, 0.25) is 0 Å². The van der Waals surface area contributed by atoms with Crippen LogP contribution in [0.4, 0.5) is 0 Å². The van der Waals surface area contributed by atoms with Crippen LogP contribution < -0.4 is 14.2 Å². The summed E-state index contributed by atoms with van der Waals surface area (Å²) < 4.78 is 16.1. The van der Waals surface area contributed by atoms with E-state index in [-0.39, 0.29) is 17.8 Å². The van der Waals surface area contributed by atoms with E-state index in [9.17, 15) is 9.90 Å². The zero-order valence-corrected chi connectivity index (χ0v) is 14.1. The highest BCUT2D eigenvalue weighted by atomic mass is 32.2. The molecule has 0 saturated carbocycles. The number of methoxy groups -OCH3 is 3. The van der Waals surface area contributed by atoms with Crippen molar-refractivity contribution in [2.24, 2.45) is 0 Å². The number of β-amino-alcohol motifs (C(OH)–C–C–N with tert-alkyl or cyclic N) is 1. The van der Waals surface area contributed by atoms with Crippen LogP contribution in [0, 0.1) is 0 Å². The molecule has 0 bridgehead atoms. The van der Waals surface area contributed by atoms with E-state index in [4.69, 9.17) is 19.3 Å². The fourth-order valence-electron chi connectivity index (χ4n) is 2.45. The van der Waals surface area contributed by atoms with Gasteiger partial charge in [0.05, 0.1) is 51.9 Å². The number of thioether (sulfide) groups is 1. The van der Waals surface area contributed by atoms with Gasteiger partial charge in [0.25, 0.3) is 0 Å². The summed E-state index contributed by atoms with van der Waals surface area (Å²) in [5.74, 6) is 1.85. The van der Waals surface area contributed by atoms with Gasteiger partial charge in [-0.1, -0.05) is 0 Å². The zero-order valence-electron chi connectivity index (χ0n) is 13.3. The largest absolute Gasteiger partial charge is 0.496 e. The minimum absolute atomic E-state index is 0.0470. The quantitative estimate of drug-likeness (QED) is 0.751. The Hall–Kier alpha value is -1.64. The number of amides is 1. The van der Waals surface area contributed by atoms with Crippen LogP contribution in [0.3, 0.4) is 0 Å². The van der Waals surface area contributed by atoms with Gasteiger partial charge in [0, 0.05) is 12.1 Å². The highest BCUT2D eigenvalue weighted by Gasteiger charge is 2.37. The van der Waals surface area contributed by atoms with Crippen molar-refractivity contribution >= 4 is 17.7 Å². The van der Waals surface area contributed by atoms with Gasteiger partial charge in [-0.15, -0.1) is 11.8 Å². The fraction of sp³-hybridized carbons (Fsp3) is 0.533. The molecule has 23 heavy (non-hydrogen) atoms. The van der Waals surface area contributed by atoms with E-state index in [1.54, 1.807) is 19.2 Å². The monoisotopic (exact) mass is 343 g/mol. The van der Waals surface area contributed by atoms with Crippen molar-refractivity contribution in [1.29, 1.82) is 0 Å². The molecule has 2 rings (SSSR count). The third-order valence-corrected chi connectivity index (χ3v) is 4.81. The summed E-state index contributed by atoms with van der Waals surface area (Å²) in [6.45, 7) is -0.358. The van der Waals surface area contributed by atoms with E-state index in [1.807, 2.05) is 0 Å². The van der Waals surface area contributed by atoms with Gasteiger partial charge in [0.1, 0.15) is 22.6 Å². The first-order chi connectivity index (χ1) is 11.0. The molecule has 0 aromatic heterocycles. The number of rotatable bonds is 7. The molecule has 128 valence electrons. The standard InChI is InChI=1S/C15H21NO6S/c1-20-10-4-11(21-2)14(12(5-10)22-3)15-16(6-9(18)7-17)13(19)8-23-15/h4-5,9,15,17-18H,6-8H2,1-3H3/t9-,15?/m0/s1. The summed E-state index contributed by atoms with van der Waals surface area (Å²) >= 11 is 1.42. The molecular weight excluding hydrogens is 322 g/mol. The Balaban J connectivity index is 2.44. The van der Waals surface area contributed by atoms with Crippen LogP contribution in [-0.2, 0) is 4.79 Å². The molecule has 1 aromatic rings. The molecule has 1 fully saturated rings. The third kappa shape index (κ3) is 3.65. The van der Waals surface area contributed by atoms with E-state index in [0.29, 0.717) is 28.6 Å². The lowest BCUT2D eigenvalue weighted by molar-refractivity contribution is -0.129. The Morgan fingerprint density at radius 2 is 1.87 bits per heavy atom. The number of carbonyl (C=O) groups is 1. The fourth-order valence-corrected chi connectivity index (χ4v) is 3.70. The van der Waals surface area contributed by atoms with Crippen molar-refractivity contribution in [3.8, 4) is 17.2 Å². The number of aliphatic hydroxyl groups excluding tert-OH is 2. The molecule has 7 nitrogen and oxygen atoms in total. The van der Waals surface area contributed by atoms with Gasteiger partial charge >= 0.3 is 0 Å². The molecule has 8 heteroatoms. The predicted molar refractivity (Wildman–Crippen MR) is 86.1 cm³/mol. The minimum atomic E-state index is -0.990. The summed E-state index contributed by atoms with van der Waals surface area (Å²) in [5.41, 5.74) is 0.705. The molecule has 1 amide bonds. The molecule has 1 aliphatic heterocycles. The lowest BCUT2D eigenvalue weighted by atomic mass is 10.1. The van der Waals surface area contributed by atoms with Crippen LogP contribution in [0.25, 0.3) is 0 Å². The molecule has 0 spiro atoms. The first kappa shape index (κ1) is 17.7. The van der Waals surface area contributed by atoms with Crippen LogP contribution in [-0.4, -0.2) is 67.4 Å². The van der Waals surface area contributed by atoms with Crippen molar-refractivity contribution in [3.05, 3.63) is 17.7 Å². The molecule has 1 heterocycles. The molecule has 1 aliphatic rings. The van der Waals surface area contributed by atoms with Gasteiger partial charge in [-0.25, -0.2) is 0 Å².